The topological polar surface area (TPSA) is 52.4 Å². The van der Waals surface area contributed by atoms with Gasteiger partial charge >= 0.3 is 5.69 Å². The van der Waals surface area contributed by atoms with Gasteiger partial charge in [0, 0.05) is 17.5 Å². The van der Waals surface area contributed by atoms with E-state index < -0.39 is 16.4 Å². The van der Waals surface area contributed by atoms with Gasteiger partial charge in [0.15, 0.2) is 0 Å². The number of alkyl halides is 1. The van der Waals surface area contributed by atoms with Crippen LogP contribution >= 0.6 is 15.9 Å². The molecule has 20 heavy (non-hydrogen) atoms. The van der Waals surface area contributed by atoms with E-state index >= 15 is 0 Å². The molecule has 0 N–H and O–H groups in total. The summed E-state index contributed by atoms with van der Waals surface area (Å²) in [6.07, 6.45) is 0. The van der Waals surface area contributed by atoms with E-state index in [0.29, 0.717) is 5.75 Å². The van der Waals surface area contributed by atoms with E-state index in [2.05, 4.69) is 15.9 Å². The predicted molar refractivity (Wildman–Crippen MR) is 76.9 cm³/mol. The van der Waals surface area contributed by atoms with E-state index in [1.807, 2.05) is 19.1 Å². The van der Waals surface area contributed by atoms with Crippen LogP contribution in [0.5, 0.6) is 11.5 Å². The third-order valence-electron chi connectivity index (χ3n) is 2.81. The molecule has 0 aliphatic carbocycles. The maximum Gasteiger partial charge on any atom is 0.305 e. The Bertz CT molecular complexity index is 661. The fraction of sp³-hybridized carbons (Fsp3) is 0.143. The van der Waals surface area contributed by atoms with Crippen molar-refractivity contribution in [2.45, 2.75) is 12.3 Å². The molecule has 0 spiro atoms. The highest BCUT2D eigenvalue weighted by molar-refractivity contribution is 9.08. The van der Waals surface area contributed by atoms with Crippen LogP contribution in [-0.4, -0.2) is 4.92 Å². The fourth-order valence-electron chi connectivity index (χ4n) is 1.72. The molecule has 0 saturated carbocycles. The van der Waals surface area contributed by atoms with Gasteiger partial charge in [0.25, 0.3) is 0 Å². The average molecular weight is 340 g/mol. The van der Waals surface area contributed by atoms with Gasteiger partial charge < -0.3 is 4.74 Å². The van der Waals surface area contributed by atoms with Gasteiger partial charge in [-0.05, 0) is 36.2 Å². The minimum absolute atomic E-state index is 0.221. The summed E-state index contributed by atoms with van der Waals surface area (Å²) in [5.41, 5.74) is 1.61. The monoisotopic (exact) mass is 339 g/mol. The average Bonchev–Trinajstić information content (AvgIpc) is 2.38. The van der Waals surface area contributed by atoms with Crippen molar-refractivity contribution in [1.29, 1.82) is 0 Å². The lowest BCUT2D eigenvalue weighted by Crippen LogP contribution is -1.93. The van der Waals surface area contributed by atoms with Gasteiger partial charge in [-0.1, -0.05) is 22.0 Å². The Morgan fingerprint density at radius 2 is 1.90 bits per heavy atom. The van der Waals surface area contributed by atoms with Crippen LogP contribution in [0, 0.1) is 22.9 Å². The Balaban J connectivity index is 2.24. The number of benzene rings is 2. The van der Waals surface area contributed by atoms with Crippen LogP contribution in [0.1, 0.15) is 11.1 Å². The molecule has 0 saturated heterocycles. The third kappa shape index (κ3) is 3.14. The number of nitrogens with zero attached hydrogens (tertiary/aromatic N) is 1. The molecule has 0 bridgehead atoms. The number of nitro benzene ring substituents is 1. The number of rotatable bonds is 4. The van der Waals surface area contributed by atoms with E-state index in [1.165, 1.54) is 6.07 Å². The summed E-state index contributed by atoms with van der Waals surface area (Å²) in [4.78, 5) is 9.76. The van der Waals surface area contributed by atoms with Gasteiger partial charge in [-0.25, -0.2) is 0 Å². The summed E-state index contributed by atoms with van der Waals surface area (Å²) >= 11 is 3.38. The van der Waals surface area contributed by atoms with Gasteiger partial charge in [-0.15, -0.1) is 0 Å². The molecule has 0 unspecified atom stereocenters. The van der Waals surface area contributed by atoms with Crippen molar-refractivity contribution in [3.8, 4) is 11.5 Å². The van der Waals surface area contributed by atoms with E-state index in [1.54, 1.807) is 6.07 Å². The lowest BCUT2D eigenvalue weighted by molar-refractivity contribution is -0.387. The molecule has 0 aliphatic rings. The second kappa shape index (κ2) is 6.00. The third-order valence-corrected chi connectivity index (χ3v) is 3.41. The van der Waals surface area contributed by atoms with Gasteiger partial charge in [0.05, 0.1) is 4.92 Å². The standard InChI is InChI=1S/C14H11BrFNO3/c1-9-6-11(3-2-10(9)8-15)20-12-4-5-14(17(18)19)13(16)7-12/h2-7H,8H2,1H3. The highest BCUT2D eigenvalue weighted by atomic mass is 79.9. The molecule has 0 aromatic heterocycles. The Kier molecular flexibility index (Phi) is 4.34. The minimum atomic E-state index is -0.915. The maximum atomic E-state index is 13.5. The first-order chi connectivity index (χ1) is 9.51. The Morgan fingerprint density at radius 3 is 2.45 bits per heavy atom. The molecular formula is C14H11BrFNO3. The fourth-order valence-corrected chi connectivity index (χ4v) is 2.35. The lowest BCUT2D eigenvalue weighted by Gasteiger charge is -2.08. The van der Waals surface area contributed by atoms with Gasteiger partial charge in [0.1, 0.15) is 11.5 Å². The molecule has 2 aromatic carbocycles. The molecule has 0 amide bonds. The van der Waals surface area contributed by atoms with E-state index in [4.69, 9.17) is 4.74 Å². The van der Waals surface area contributed by atoms with E-state index in [9.17, 15) is 14.5 Å². The van der Waals surface area contributed by atoms with Crippen molar-refractivity contribution in [2.75, 3.05) is 0 Å². The van der Waals surface area contributed by atoms with Crippen LogP contribution in [-0.2, 0) is 5.33 Å². The number of halogens is 2. The summed E-state index contributed by atoms with van der Waals surface area (Å²) < 4.78 is 19.0. The number of ether oxygens (including phenoxy) is 1. The molecule has 2 aromatic rings. The molecule has 0 fully saturated rings. The molecule has 0 atom stereocenters. The molecule has 4 nitrogen and oxygen atoms in total. The van der Waals surface area contributed by atoms with E-state index in [-0.39, 0.29) is 5.75 Å². The summed E-state index contributed by atoms with van der Waals surface area (Å²) in [5.74, 6) is -0.138. The quantitative estimate of drug-likeness (QED) is 0.459. The molecule has 104 valence electrons. The van der Waals surface area contributed by atoms with Crippen molar-refractivity contribution in [2.24, 2.45) is 0 Å². The first kappa shape index (κ1) is 14.5. The molecule has 0 radical (unpaired) electrons. The predicted octanol–water partition coefficient (Wildman–Crippen LogP) is 4.73. The Labute approximate surface area is 123 Å². The second-order valence-corrected chi connectivity index (χ2v) is 4.76. The second-order valence-electron chi connectivity index (χ2n) is 4.19. The minimum Gasteiger partial charge on any atom is -0.457 e. The summed E-state index contributed by atoms with van der Waals surface area (Å²) in [6.45, 7) is 1.94. The highest BCUT2D eigenvalue weighted by Crippen LogP contribution is 2.28. The first-order valence-electron chi connectivity index (χ1n) is 5.78. The van der Waals surface area contributed by atoms with Crippen molar-refractivity contribution in [1.82, 2.24) is 0 Å². The van der Waals surface area contributed by atoms with Gasteiger partial charge in [-0.2, -0.15) is 4.39 Å². The largest absolute Gasteiger partial charge is 0.457 e. The molecule has 0 heterocycles. The van der Waals surface area contributed by atoms with Crippen molar-refractivity contribution in [3.05, 3.63) is 63.5 Å². The van der Waals surface area contributed by atoms with Crippen LogP contribution in [0.2, 0.25) is 0 Å². The van der Waals surface area contributed by atoms with Crippen molar-refractivity contribution in [3.63, 3.8) is 0 Å². The zero-order chi connectivity index (χ0) is 14.7. The van der Waals surface area contributed by atoms with Gasteiger partial charge in [-0.3, -0.25) is 10.1 Å². The first-order valence-corrected chi connectivity index (χ1v) is 6.90. The smallest absolute Gasteiger partial charge is 0.305 e. The maximum absolute atomic E-state index is 13.5. The Morgan fingerprint density at radius 1 is 1.25 bits per heavy atom. The normalized spacial score (nSPS) is 10.3. The number of nitro groups is 1. The van der Waals surface area contributed by atoms with Gasteiger partial charge in [0.2, 0.25) is 5.82 Å². The number of hydrogen-bond donors (Lipinski definition) is 0. The zero-order valence-electron chi connectivity index (χ0n) is 10.6. The molecule has 6 heteroatoms. The Hall–Kier alpha value is -1.95. The van der Waals surface area contributed by atoms with Crippen molar-refractivity contribution >= 4 is 21.6 Å². The summed E-state index contributed by atoms with van der Waals surface area (Å²) in [5, 5.41) is 11.3. The summed E-state index contributed by atoms with van der Waals surface area (Å²) in [6, 6.07) is 8.96. The number of aryl methyl sites for hydroxylation is 1. The van der Waals surface area contributed by atoms with Crippen molar-refractivity contribution < 1.29 is 14.1 Å². The SMILES string of the molecule is Cc1cc(Oc2ccc([N+](=O)[O-])c(F)c2)ccc1CBr. The molecule has 2 rings (SSSR count). The lowest BCUT2D eigenvalue weighted by atomic mass is 10.1. The molecule has 0 aliphatic heterocycles. The van der Waals surface area contributed by atoms with Crippen LogP contribution in [0.15, 0.2) is 36.4 Å². The zero-order valence-corrected chi connectivity index (χ0v) is 12.2. The number of hydrogen-bond acceptors (Lipinski definition) is 3. The van der Waals surface area contributed by atoms with Crippen LogP contribution in [0.4, 0.5) is 10.1 Å². The summed E-state index contributed by atoms with van der Waals surface area (Å²) in [7, 11) is 0. The van der Waals surface area contributed by atoms with Crippen LogP contribution in [0.25, 0.3) is 0 Å². The molecular weight excluding hydrogens is 329 g/mol. The van der Waals surface area contributed by atoms with Crippen LogP contribution in [0.3, 0.4) is 0 Å². The van der Waals surface area contributed by atoms with E-state index in [0.717, 1.165) is 28.6 Å². The highest BCUT2D eigenvalue weighted by Gasteiger charge is 2.14. The van der Waals surface area contributed by atoms with Crippen LogP contribution < -0.4 is 4.74 Å².